The Morgan fingerprint density at radius 3 is 2.88 bits per heavy atom. The van der Waals surface area contributed by atoms with Crippen molar-refractivity contribution in [3.05, 3.63) is 29.8 Å². The highest BCUT2D eigenvalue weighted by Gasteiger charge is 2.33. The number of nitrogens with one attached hydrogen (secondary N) is 2. The van der Waals surface area contributed by atoms with Gasteiger partial charge >= 0.3 is 0 Å². The molecule has 4 heteroatoms. The number of hydrogen-bond donors (Lipinski definition) is 2. The van der Waals surface area contributed by atoms with Crippen molar-refractivity contribution in [1.82, 2.24) is 5.32 Å². The van der Waals surface area contributed by atoms with Gasteiger partial charge < -0.3 is 10.6 Å². The molecular weight excluding hydrogens is 216 g/mol. The van der Waals surface area contributed by atoms with E-state index in [1.165, 1.54) is 0 Å². The monoisotopic (exact) mass is 230 g/mol. The molecular formula is C13H14N2O2. The normalized spacial score (nSPS) is 21.9. The van der Waals surface area contributed by atoms with Crippen molar-refractivity contribution in [3.63, 3.8) is 0 Å². The lowest BCUT2D eigenvalue weighted by molar-refractivity contribution is -0.125. The van der Waals surface area contributed by atoms with Gasteiger partial charge in [0.05, 0.1) is 5.92 Å². The molecule has 1 saturated carbocycles. The molecule has 2 N–H and O–H groups in total. The average Bonchev–Trinajstić information content (AvgIpc) is 3.05. The smallest absolute Gasteiger partial charge is 0.232 e. The van der Waals surface area contributed by atoms with Gasteiger partial charge in [-0.05, 0) is 24.5 Å². The van der Waals surface area contributed by atoms with Crippen LogP contribution in [0, 0.1) is 0 Å². The zero-order valence-electron chi connectivity index (χ0n) is 9.40. The Bertz CT molecular complexity index is 480. The molecule has 2 aliphatic rings. The van der Waals surface area contributed by atoms with Crippen LogP contribution in [-0.2, 0) is 9.59 Å². The van der Waals surface area contributed by atoms with Gasteiger partial charge in [0.15, 0.2) is 0 Å². The number of fused-ring (bicyclic) bond motifs is 1. The van der Waals surface area contributed by atoms with Gasteiger partial charge in [0.1, 0.15) is 0 Å². The summed E-state index contributed by atoms with van der Waals surface area (Å²) in [7, 11) is 0. The summed E-state index contributed by atoms with van der Waals surface area (Å²) in [5.41, 5.74) is 1.77. The molecule has 1 aliphatic heterocycles. The topological polar surface area (TPSA) is 58.2 Å². The van der Waals surface area contributed by atoms with E-state index >= 15 is 0 Å². The third-order valence-electron chi connectivity index (χ3n) is 3.24. The second-order valence-electron chi connectivity index (χ2n) is 4.67. The minimum Gasteiger partial charge on any atom is -0.353 e. The lowest BCUT2D eigenvalue weighted by Crippen LogP contribution is -2.28. The quantitative estimate of drug-likeness (QED) is 0.824. The zero-order valence-corrected chi connectivity index (χ0v) is 9.40. The fourth-order valence-electron chi connectivity index (χ4n) is 2.18. The Hall–Kier alpha value is -1.84. The first kappa shape index (κ1) is 10.3. The molecule has 1 fully saturated rings. The van der Waals surface area contributed by atoms with E-state index in [1.54, 1.807) is 0 Å². The number of anilines is 1. The van der Waals surface area contributed by atoms with Gasteiger partial charge in [0.2, 0.25) is 11.8 Å². The minimum atomic E-state index is -0.329. The molecule has 1 heterocycles. The SMILES string of the molecule is O=C(CC1C(=O)Nc2ccccc21)NC1CC1. The highest BCUT2D eigenvalue weighted by Crippen LogP contribution is 2.34. The molecule has 4 nitrogen and oxygen atoms in total. The number of rotatable bonds is 3. The number of amides is 2. The molecule has 3 rings (SSSR count). The van der Waals surface area contributed by atoms with Gasteiger partial charge in [-0.2, -0.15) is 0 Å². The lowest BCUT2D eigenvalue weighted by Gasteiger charge is -2.08. The minimum absolute atomic E-state index is 0.0237. The van der Waals surface area contributed by atoms with Crippen molar-refractivity contribution >= 4 is 17.5 Å². The fraction of sp³-hybridized carbons (Fsp3) is 0.385. The Kier molecular flexibility index (Phi) is 2.35. The van der Waals surface area contributed by atoms with Crippen molar-refractivity contribution in [1.29, 1.82) is 0 Å². The molecule has 1 aliphatic carbocycles. The Morgan fingerprint density at radius 1 is 1.35 bits per heavy atom. The first-order valence-corrected chi connectivity index (χ1v) is 5.93. The van der Waals surface area contributed by atoms with Crippen LogP contribution in [0.3, 0.4) is 0 Å². The van der Waals surface area contributed by atoms with E-state index in [-0.39, 0.29) is 24.2 Å². The van der Waals surface area contributed by atoms with E-state index in [0.717, 1.165) is 24.1 Å². The third kappa shape index (κ3) is 2.02. The summed E-state index contributed by atoms with van der Waals surface area (Å²) in [5.74, 6) is -0.425. The van der Waals surface area contributed by atoms with Gasteiger partial charge in [-0.3, -0.25) is 9.59 Å². The second-order valence-corrected chi connectivity index (χ2v) is 4.67. The van der Waals surface area contributed by atoms with Crippen LogP contribution < -0.4 is 10.6 Å². The molecule has 1 aromatic carbocycles. The van der Waals surface area contributed by atoms with Gasteiger partial charge in [-0.25, -0.2) is 0 Å². The molecule has 0 saturated heterocycles. The molecule has 0 spiro atoms. The average molecular weight is 230 g/mol. The second kappa shape index (κ2) is 3.87. The number of hydrogen-bond acceptors (Lipinski definition) is 2. The molecule has 0 aromatic heterocycles. The summed E-state index contributed by atoms with van der Waals surface area (Å²) in [6.07, 6.45) is 2.39. The first-order valence-electron chi connectivity index (χ1n) is 5.93. The number of carbonyl (C=O) groups is 2. The van der Waals surface area contributed by atoms with Crippen LogP contribution in [-0.4, -0.2) is 17.9 Å². The Balaban J connectivity index is 1.74. The van der Waals surface area contributed by atoms with Gasteiger partial charge in [-0.15, -0.1) is 0 Å². The molecule has 0 radical (unpaired) electrons. The number of carbonyl (C=O) groups excluding carboxylic acids is 2. The molecule has 1 atom stereocenters. The zero-order chi connectivity index (χ0) is 11.8. The highest BCUT2D eigenvalue weighted by molar-refractivity contribution is 6.04. The van der Waals surface area contributed by atoms with E-state index in [2.05, 4.69) is 10.6 Å². The summed E-state index contributed by atoms with van der Waals surface area (Å²) in [5, 5.41) is 5.72. The fourth-order valence-corrected chi connectivity index (χ4v) is 2.18. The number of benzene rings is 1. The Labute approximate surface area is 99.4 Å². The van der Waals surface area contributed by atoms with Gasteiger partial charge in [-0.1, -0.05) is 18.2 Å². The predicted molar refractivity (Wildman–Crippen MR) is 63.6 cm³/mol. The van der Waals surface area contributed by atoms with E-state index in [1.807, 2.05) is 24.3 Å². The van der Waals surface area contributed by atoms with Crippen molar-refractivity contribution in [3.8, 4) is 0 Å². The van der Waals surface area contributed by atoms with Crippen LogP contribution >= 0.6 is 0 Å². The van der Waals surface area contributed by atoms with E-state index < -0.39 is 0 Å². The molecule has 17 heavy (non-hydrogen) atoms. The molecule has 1 unspecified atom stereocenters. The van der Waals surface area contributed by atoms with Gasteiger partial charge in [0, 0.05) is 18.2 Å². The van der Waals surface area contributed by atoms with Crippen molar-refractivity contribution in [2.45, 2.75) is 31.2 Å². The molecule has 1 aromatic rings. The molecule has 0 bridgehead atoms. The first-order chi connectivity index (χ1) is 8.24. The van der Waals surface area contributed by atoms with Crippen molar-refractivity contribution in [2.24, 2.45) is 0 Å². The van der Waals surface area contributed by atoms with Gasteiger partial charge in [0.25, 0.3) is 0 Å². The van der Waals surface area contributed by atoms with Crippen LogP contribution in [0.5, 0.6) is 0 Å². The van der Waals surface area contributed by atoms with Crippen molar-refractivity contribution < 1.29 is 9.59 Å². The third-order valence-corrected chi connectivity index (χ3v) is 3.24. The van der Waals surface area contributed by atoms with E-state index in [0.29, 0.717) is 6.04 Å². The van der Waals surface area contributed by atoms with Crippen LogP contribution in [0.15, 0.2) is 24.3 Å². The van der Waals surface area contributed by atoms with Crippen LogP contribution in [0.1, 0.15) is 30.7 Å². The largest absolute Gasteiger partial charge is 0.353 e. The summed E-state index contributed by atoms with van der Waals surface area (Å²) >= 11 is 0. The van der Waals surface area contributed by atoms with Crippen LogP contribution in [0.2, 0.25) is 0 Å². The standard InChI is InChI=1S/C13H14N2O2/c16-12(14-8-5-6-8)7-10-9-3-1-2-4-11(9)15-13(10)17/h1-4,8,10H,5-7H2,(H,14,16)(H,15,17). The van der Waals surface area contributed by atoms with Crippen LogP contribution in [0.25, 0.3) is 0 Å². The lowest BCUT2D eigenvalue weighted by atomic mass is 9.97. The summed E-state index contributed by atoms with van der Waals surface area (Å²) in [4.78, 5) is 23.5. The summed E-state index contributed by atoms with van der Waals surface area (Å²) in [6.45, 7) is 0. The number of para-hydroxylation sites is 1. The highest BCUT2D eigenvalue weighted by atomic mass is 16.2. The van der Waals surface area contributed by atoms with E-state index in [9.17, 15) is 9.59 Å². The Morgan fingerprint density at radius 2 is 2.12 bits per heavy atom. The molecule has 2 amide bonds. The van der Waals surface area contributed by atoms with E-state index in [4.69, 9.17) is 0 Å². The van der Waals surface area contributed by atoms with Crippen LogP contribution in [0.4, 0.5) is 5.69 Å². The summed E-state index contributed by atoms with van der Waals surface area (Å²) < 4.78 is 0. The maximum atomic E-state index is 11.8. The summed E-state index contributed by atoms with van der Waals surface area (Å²) in [6, 6.07) is 7.90. The van der Waals surface area contributed by atoms with Crippen molar-refractivity contribution in [2.75, 3.05) is 5.32 Å². The maximum absolute atomic E-state index is 11.8. The molecule has 88 valence electrons. The predicted octanol–water partition coefficient (Wildman–Crippen LogP) is 1.39. The maximum Gasteiger partial charge on any atom is 0.232 e.